The predicted octanol–water partition coefficient (Wildman–Crippen LogP) is 2.93. The lowest BCUT2D eigenvalue weighted by Crippen LogP contribution is -2.28. The molecular formula is C12H16ClF2N. The van der Waals surface area contributed by atoms with Gasteiger partial charge in [-0.3, -0.25) is 0 Å². The van der Waals surface area contributed by atoms with E-state index in [1.807, 2.05) is 0 Å². The molecule has 1 aromatic carbocycles. The van der Waals surface area contributed by atoms with Crippen LogP contribution in [0.25, 0.3) is 0 Å². The van der Waals surface area contributed by atoms with Gasteiger partial charge in [0.15, 0.2) is 0 Å². The Bertz CT molecular complexity index is 338. The molecule has 1 saturated heterocycles. The van der Waals surface area contributed by atoms with Crippen LogP contribution in [0.4, 0.5) is 8.78 Å². The van der Waals surface area contributed by atoms with E-state index >= 15 is 0 Å². The zero-order valence-corrected chi connectivity index (χ0v) is 9.83. The molecule has 0 unspecified atom stereocenters. The quantitative estimate of drug-likeness (QED) is 0.847. The Balaban J connectivity index is 0.00000128. The first-order valence-electron chi connectivity index (χ1n) is 5.40. The Kier molecular flexibility index (Phi) is 5.16. The average Bonchev–Trinajstić information content (AvgIpc) is 2.24. The molecule has 90 valence electrons. The number of piperidine rings is 1. The highest BCUT2D eigenvalue weighted by Crippen LogP contribution is 2.20. The van der Waals surface area contributed by atoms with Crippen LogP contribution in [0.5, 0.6) is 0 Å². The van der Waals surface area contributed by atoms with Crippen LogP contribution < -0.4 is 5.32 Å². The largest absolute Gasteiger partial charge is 0.317 e. The molecule has 1 nitrogen and oxygen atoms in total. The molecule has 0 aromatic heterocycles. The molecule has 2 rings (SSSR count). The summed E-state index contributed by atoms with van der Waals surface area (Å²) in [5.74, 6) is -0.374. The number of hydrogen-bond acceptors (Lipinski definition) is 1. The van der Waals surface area contributed by atoms with Crippen LogP contribution in [-0.4, -0.2) is 13.1 Å². The Hall–Kier alpha value is -0.670. The number of hydrogen-bond donors (Lipinski definition) is 1. The van der Waals surface area contributed by atoms with E-state index in [0.717, 1.165) is 38.4 Å². The number of nitrogens with one attached hydrogen (secondary N) is 1. The molecule has 4 heteroatoms. The maximum Gasteiger partial charge on any atom is 0.129 e. The van der Waals surface area contributed by atoms with Crippen molar-refractivity contribution in [2.45, 2.75) is 19.3 Å². The molecule has 0 atom stereocenters. The lowest BCUT2D eigenvalue weighted by Gasteiger charge is -2.22. The summed E-state index contributed by atoms with van der Waals surface area (Å²) in [6, 6.07) is 3.86. The van der Waals surface area contributed by atoms with Gasteiger partial charge in [0.25, 0.3) is 0 Å². The Morgan fingerprint density at radius 2 is 1.88 bits per heavy atom. The summed E-state index contributed by atoms with van der Waals surface area (Å²) in [6.07, 6.45) is 2.89. The van der Waals surface area contributed by atoms with Crippen molar-refractivity contribution in [2.24, 2.45) is 5.92 Å². The maximum atomic E-state index is 13.3. The second kappa shape index (κ2) is 6.16. The Morgan fingerprint density at radius 1 is 1.19 bits per heavy atom. The molecule has 1 aromatic rings. The fourth-order valence-corrected chi connectivity index (χ4v) is 2.08. The van der Waals surface area contributed by atoms with Crippen LogP contribution in [0.1, 0.15) is 18.4 Å². The van der Waals surface area contributed by atoms with Crippen LogP contribution >= 0.6 is 12.4 Å². The van der Waals surface area contributed by atoms with Crippen LogP contribution in [0.3, 0.4) is 0 Å². The monoisotopic (exact) mass is 247 g/mol. The zero-order chi connectivity index (χ0) is 10.7. The van der Waals surface area contributed by atoms with Gasteiger partial charge in [0.2, 0.25) is 0 Å². The average molecular weight is 248 g/mol. The first-order valence-corrected chi connectivity index (χ1v) is 5.40. The first-order chi connectivity index (χ1) is 7.25. The number of benzene rings is 1. The van der Waals surface area contributed by atoms with E-state index in [2.05, 4.69) is 5.32 Å². The van der Waals surface area contributed by atoms with Gasteiger partial charge in [0.05, 0.1) is 0 Å². The van der Waals surface area contributed by atoms with Crippen molar-refractivity contribution in [2.75, 3.05) is 13.1 Å². The molecule has 1 N–H and O–H groups in total. The minimum Gasteiger partial charge on any atom is -0.317 e. The molecule has 16 heavy (non-hydrogen) atoms. The van der Waals surface area contributed by atoms with E-state index in [1.165, 1.54) is 6.07 Å². The zero-order valence-electron chi connectivity index (χ0n) is 9.01. The molecule has 0 amide bonds. The van der Waals surface area contributed by atoms with Gasteiger partial charge in [0, 0.05) is 6.07 Å². The summed E-state index contributed by atoms with van der Waals surface area (Å²) in [5.41, 5.74) is 0.642. The first kappa shape index (κ1) is 13.4. The fraction of sp³-hybridized carbons (Fsp3) is 0.500. The molecular weight excluding hydrogens is 232 g/mol. The van der Waals surface area contributed by atoms with Gasteiger partial charge in [-0.1, -0.05) is 6.07 Å². The SMILES string of the molecule is Cl.Fc1ccc(CC2CCNCC2)c(F)c1. The van der Waals surface area contributed by atoms with Gasteiger partial charge in [0.1, 0.15) is 11.6 Å². The summed E-state index contributed by atoms with van der Waals surface area (Å²) in [5, 5.41) is 3.27. The molecule has 0 saturated carbocycles. The topological polar surface area (TPSA) is 12.0 Å². The molecule has 0 spiro atoms. The van der Waals surface area contributed by atoms with Crippen molar-refractivity contribution in [3.63, 3.8) is 0 Å². The normalized spacial score (nSPS) is 16.9. The third-order valence-corrected chi connectivity index (χ3v) is 2.98. The summed E-state index contributed by atoms with van der Waals surface area (Å²) in [4.78, 5) is 0. The maximum absolute atomic E-state index is 13.3. The van der Waals surface area contributed by atoms with Crippen molar-refractivity contribution in [3.8, 4) is 0 Å². The molecule has 1 fully saturated rings. The highest BCUT2D eigenvalue weighted by atomic mass is 35.5. The highest BCUT2D eigenvalue weighted by Gasteiger charge is 2.15. The highest BCUT2D eigenvalue weighted by molar-refractivity contribution is 5.85. The molecule has 0 aliphatic carbocycles. The van der Waals surface area contributed by atoms with Gasteiger partial charge in [-0.05, 0) is 49.9 Å². The fourth-order valence-electron chi connectivity index (χ4n) is 2.08. The van der Waals surface area contributed by atoms with Gasteiger partial charge in [-0.25, -0.2) is 8.78 Å². The molecule has 0 radical (unpaired) electrons. The van der Waals surface area contributed by atoms with Crippen LogP contribution in [0, 0.1) is 17.6 Å². The predicted molar refractivity (Wildman–Crippen MR) is 62.9 cm³/mol. The van der Waals surface area contributed by atoms with E-state index in [4.69, 9.17) is 0 Å². The van der Waals surface area contributed by atoms with Crippen molar-refractivity contribution >= 4 is 12.4 Å². The van der Waals surface area contributed by atoms with E-state index in [0.29, 0.717) is 11.5 Å². The van der Waals surface area contributed by atoms with Gasteiger partial charge in [-0.15, -0.1) is 12.4 Å². The second-order valence-corrected chi connectivity index (χ2v) is 4.13. The van der Waals surface area contributed by atoms with Gasteiger partial charge in [-0.2, -0.15) is 0 Å². The van der Waals surface area contributed by atoms with Crippen molar-refractivity contribution in [1.82, 2.24) is 5.32 Å². The minimum atomic E-state index is -0.499. The summed E-state index contributed by atoms with van der Waals surface area (Å²) in [6.45, 7) is 2.01. The van der Waals surface area contributed by atoms with Crippen molar-refractivity contribution in [1.29, 1.82) is 0 Å². The van der Waals surface area contributed by atoms with E-state index in [-0.39, 0.29) is 12.4 Å². The lowest BCUT2D eigenvalue weighted by molar-refractivity contribution is 0.368. The molecule has 1 aliphatic rings. The Morgan fingerprint density at radius 3 is 2.50 bits per heavy atom. The van der Waals surface area contributed by atoms with Crippen LogP contribution in [0.15, 0.2) is 18.2 Å². The van der Waals surface area contributed by atoms with Gasteiger partial charge >= 0.3 is 0 Å². The minimum absolute atomic E-state index is 0. The number of rotatable bonds is 2. The summed E-state index contributed by atoms with van der Waals surface area (Å²) in [7, 11) is 0. The van der Waals surface area contributed by atoms with E-state index in [1.54, 1.807) is 6.07 Å². The second-order valence-electron chi connectivity index (χ2n) is 4.13. The molecule has 1 heterocycles. The lowest BCUT2D eigenvalue weighted by atomic mass is 9.91. The third-order valence-electron chi connectivity index (χ3n) is 2.98. The van der Waals surface area contributed by atoms with Crippen LogP contribution in [0.2, 0.25) is 0 Å². The van der Waals surface area contributed by atoms with Crippen LogP contribution in [-0.2, 0) is 6.42 Å². The van der Waals surface area contributed by atoms with Gasteiger partial charge < -0.3 is 5.32 Å². The van der Waals surface area contributed by atoms with Crippen molar-refractivity contribution in [3.05, 3.63) is 35.4 Å². The number of halogens is 3. The van der Waals surface area contributed by atoms with Crippen molar-refractivity contribution < 1.29 is 8.78 Å². The summed E-state index contributed by atoms with van der Waals surface area (Å²) < 4.78 is 26.0. The standard InChI is InChI=1S/C12H15F2N.ClH/c13-11-2-1-10(12(14)8-11)7-9-3-5-15-6-4-9;/h1-2,8-9,15H,3-7H2;1H. The smallest absolute Gasteiger partial charge is 0.129 e. The molecule has 0 bridgehead atoms. The van der Waals surface area contributed by atoms with E-state index in [9.17, 15) is 8.78 Å². The summed E-state index contributed by atoms with van der Waals surface area (Å²) >= 11 is 0. The third kappa shape index (κ3) is 3.42. The molecule has 1 aliphatic heterocycles. The Labute approximate surface area is 101 Å². The van der Waals surface area contributed by atoms with E-state index < -0.39 is 11.6 Å².